The third kappa shape index (κ3) is 8.62. The molecule has 1 aromatic carbocycles. The van der Waals surface area contributed by atoms with Crippen molar-refractivity contribution in [2.24, 2.45) is 0 Å². The number of carboxylic acids is 2. The van der Waals surface area contributed by atoms with E-state index in [9.17, 15) is 48.0 Å². The number of aliphatic hydroxyl groups is 3. The van der Waals surface area contributed by atoms with Crippen molar-refractivity contribution >= 4 is 39.3 Å². The summed E-state index contributed by atoms with van der Waals surface area (Å²) in [6.07, 6.45) is -8.93. The van der Waals surface area contributed by atoms with E-state index in [0.717, 1.165) is 32.0 Å². The maximum atomic E-state index is 13.2. The van der Waals surface area contributed by atoms with Gasteiger partial charge in [0.05, 0.1) is 29.0 Å². The number of nitrogens with zero attached hydrogens (tertiary/aromatic N) is 1. The number of carboxylic acid groups (broad SMARTS) is 2. The van der Waals surface area contributed by atoms with Crippen molar-refractivity contribution in [3.05, 3.63) is 17.7 Å². The third-order valence-electron chi connectivity index (χ3n) is 8.10. The van der Waals surface area contributed by atoms with Gasteiger partial charge in [0.2, 0.25) is 0 Å². The highest BCUT2D eigenvalue weighted by atomic mass is 32.2. The maximum absolute atomic E-state index is 13.2. The lowest BCUT2D eigenvalue weighted by molar-refractivity contribution is -0.214. The Hall–Kier alpha value is -3.55. The van der Waals surface area contributed by atoms with Crippen LogP contribution in [0.25, 0.3) is 0 Å². The fourth-order valence-corrected chi connectivity index (χ4v) is 6.49. The van der Waals surface area contributed by atoms with Crippen LogP contribution in [-0.2, 0) is 29.0 Å². The molecule has 0 spiro atoms. The van der Waals surface area contributed by atoms with Crippen molar-refractivity contribution in [3.8, 4) is 5.75 Å². The first-order chi connectivity index (χ1) is 21.6. The molecule has 2 heterocycles. The fraction of sp³-hybridized carbons (Fsp3) is 0.643. The lowest BCUT2D eigenvalue weighted by Gasteiger charge is -2.40. The molecule has 8 N–H and O–H groups in total. The number of ether oxygens (including phenoxy) is 2. The van der Waals surface area contributed by atoms with Crippen LogP contribution in [0.15, 0.2) is 17.0 Å². The predicted octanol–water partition coefficient (Wildman–Crippen LogP) is -1.64. The Morgan fingerprint density at radius 1 is 1.09 bits per heavy atom. The Bertz CT molecular complexity index is 1390. The molecule has 0 aliphatic carbocycles. The number of likely N-dealkylation sites (N-methyl/N-ethyl adjacent to an activating group) is 1. The van der Waals surface area contributed by atoms with Gasteiger partial charge in [-0.1, -0.05) is 13.8 Å². The van der Waals surface area contributed by atoms with E-state index in [-0.39, 0.29) is 27.9 Å². The third-order valence-corrected chi connectivity index (χ3v) is 9.86. The largest absolute Gasteiger partial charge is 0.496 e. The monoisotopic (exact) mass is 674 g/mol. The quantitative estimate of drug-likeness (QED) is 0.104. The van der Waals surface area contributed by atoms with Crippen LogP contribution < -0.4 is 20.7 Å². The minimum Gasteiger partial charge on any atom is -0.496 e. The van der Waals surface area contributed by atoms with Crippen molar-refractivity contribution in [1.29, 1.82) is 0 Å². The summed E-state index contributed by atoms with van der Waals surface area (Å²) in [4.78, 5) is 50.4. The summed E-state index contributed by atoms with van der Waals surface area (Å²) < 4.78 is 37.2. The second kappa shape index (κ2) is 15.8. The first-order valence-corrected chi connectivity index (χ1v) is 16.5. The van der Waals surface area contributed by atoms with Gasteiger partial charge in [-0.15, -0.1) is 0 Å². The summed E-state index contributed by atoms with van der Waals surface area (Å²) in [7, 11) is -2.80. The number of aliphatic hydroxyl groups excluding tert-OH is 3. The number of likely N-dealkylation sites (tertiary alicyclic amines) is 1. The molecule has 3 rings (SSSR count). The smallest absolute Gasteiger partial charge is 0.326 e. The summed E-state index contributed by atoms with van der Waals surface area (Å²) in [6, 6.07) is 0.726. The average molecular weight is 675 g/mol. The number of sulfone groups is 1. The van der Waals surface area contributed by atoms with Gasteiger partial charge < -0.3 is 51.0 Å². The first-order valence-electron chi connectivity index (χ1n) is 14.8. The number of amides is 2. The molecule has 1 aromatic rings. The van der Waals surface area contributed by atoms with Crippen molar-refractivity contribution < 1.29 is 62.6 Å². The SMILES string of the molecule is CCN1CCCC1CNC(=O)c1cc(S(=O)(=O)CC)c(NC2OC(C(=O)NC(CCC(=O)O)C(=O)O)C(O)C(O)C2O)cc1OC. The van der Waals surface area contributed by atoms with Gasteiger partial charge in [-0.3, -0.25) is 19.3 Å². The Morgan fingerprint density at radius 3 is 2.37 bits per heavy atom. The highest BCUT2D eigenvalue weighted by Crippen LogP contribution is 2.34. The second-order valence-electron chi connectivity index (χ2n) is 11.0. The van der Waals surface area contributed by atoms with Crippen LogP contribution in [0.4, 0.5) is 5.69 Å². The molecule has 0 bridgehead atoms. The molecule has 18 heteroatoms. The zero-order chi connectivity index (χ0) is 34.3. The molecule has 258 valence electrons. The van der Waals surface area contributed by atoms with Gasteiger partial charge in [-0.25, -0.2) is 13.2 Å². The number of anilines is 1. The number of carbonyl (C=O) groups excluding carboxylic acids is 2. The van der Waals surface area contributed by atoms with E-state index >= 15 is 0 Å². The summed E-state index contributed by atoms with van der Waals surface area (Å²) in [5, 5.41) is 57.4. The van der Waals surface area contributed by atoms with E-state index in [1.165, 1.54) is 20.1 Å². The molecule has 0 radical (unpaired) electrons. The predicted molar refractivity (Wildman–Crippen MR) is 160 cm³/mol. The molecule has 2 aliphatic rings. The summed E-state index contributed by atoms with van der Waals surface area (Å²) >= 11 is 0. The number of hydrogen-bond acceptors (Lipinski definition) is 13. The van der Waals surface area contributed by atoms with Gasteiger partial charge in [0.15, 0.2) is 22.2 Å². The first kappa shape index (κ1) is 36.9. The number of hydrogen-bond donors (Lipinski definition) is 8. The minimum atomic E-state index is -4.06. The van der Waals surface area contributed by atoms with Crippen LogP contribution >= 0.6 is 0 Å². The van der Waals surface area contributed by atoms with Crippen LogP contribution in [-0.4, -0.2) is 138 Å². The molecule has 2 amide bonds. The Balaban J connectivity index is 1.90. The van der Waals surface area contributed by atoms with E-state index < -0.39 is 88.9 Å². The number of carbonyl (C=O) groups is 4. The molecule has 0 saturated carbocycles. The fourth-order valence-electron chi connectivity index (χ4n) is 5.43. The van der Waals surface area contributed by atoms with Gasteiger partial charge in [0.25, 0.3) is 11.8 Å². The van der Waals surface area contributed by atoms with Crippen molar-refractivity contribution in [2.75, 3.05) is 37.8 Å². The molecule has 2 fully saturated rings. The van der Waals surface area contributed by atoms with E-state index in [1.54, 1.807) is 0 Å². The highest BCUT2D eigenvalue weighted by molar-refractivity contribution is 7.91. The van der Waals surface area contributed by atoms with Gasteiger partial charge >= 0.3 is 11.9 Å². The minimum absolute atomic E-state index is 0.0447. The van der Waals surface area contributed by atoms with Crippen LogP contribution in [0.1, 0.15) is 49.9 Å². The molecule has 2 aliphatic heterocycles. The Labute approximate surface area is 265 Å². The van der Waals surface area contributed by atoms with Gasteiger partial charge in [0, 0.05) is 25.1 Å². The summed E-state index contributed by atoms with van der Waals surface area (Å²) in [6.45, 7) is 5.45. The van der Waals surface area contributed by atoms with E-state index in [2.05, 4.69) is 15.5 Å². The van der Waals surface area contributed by atoms with E-state index in [4.69, 9.17) is 14.6 Å². The second-order valence-corrected chi connectivity index (χ2v) is 13.3. The summed E-state index contributed by atoms with van der Waals surface area (Å²) in [5.41, 5.74) is -0.306. The zero-order valence-corrected chi connectivity index (χ0v) is 26.5. The normalized spacial score (nSPS) is 25.8. The van der Waals surface area contributed by atoms with E-state index in [0.29, 0.717) is 6.54 Å². The Morgan fingerprint density at radius 2 is 1.78 bits per heavy atom. The van der Waals surface area contributed by atoms with Gasteiger partial charge in [0.1, 0.15) is 30.1 Å². The molecule has 0 aromatic heterocycles. The number of nitrogens with one attached hydrogen (secondary N) is 3. The Kier molecular flexibility index (Phi) is 12.7. The van der Waals surface area contributed by atoms with Crippen molar-refractivity contribution in [2.45, 2.75) is 87.2 Å². The van der Waals surface area contributed by atoms with Crippen LogP contribution in [0.5, 0.6) is 5.75 Å². The zero-order valence-electron chi connectivity index (χ0n) is 25.7. The maximum Gasteiger partial charge on any atom is 0.326 e. The molecule has 46 heavy (non-hydrogen) atoms. The average Bonchev–Trinajstić information content (AvgIpc) is 3.48. The highest BCUT2D eigenvalue weighted by Gasteiger charge is 2.47. The number of rotatable bonds is 15. The topological polar surface area (TPSA) is 261 Å². The van der Waals surface area contributed by atoms with Crippen molar-refractivity contribution in [3.63, 3.8) is 0 Å². The molecule has 17 nitrogen and oxygen atoms in total. The summed E-state index contributed by atoms with van der Waals surface area (Å²) in [5.74, 6) is -5.14. The van der Waals surface area contributed by atoms with Crippen molar-refractivity contribution in [1.82, 2.24) is 15.5 Å². The number of benzene rings is 1. The molecule has 2 saturated heterocycles. The molecule has 7 unspecified atom stereocenters. The number of methoxy groups -OCH3 is 1. The van der Waals surface area contributed by atoms with Crippen LogP contribution in [0.2, 0.25) is 0 Å². The van der Waals surface area contributed by atoms with E-state index in [1.807, 2.05) is 12.2 Å². The standard InChI is InChI=1S/C28H42N4O13S/c1-4-32-10-6-7-14(32)13-29-25(38)15-11-19(46(42,43)5-2)17(12-18(15)44-3)31-27-23(37)21(35)22(36)24(45-27)26(39)30-16(28(40)41)8-9-20(33)34/h11-12,14,16,21-24,27,31,35-37H,4-10,13H2,1-3H3,(H,29,38)(H,30,39)(H,33,34)(H,40,41). The number of aliphatic carboxylic acids is 2. The van der Waals surface area contributed by atoms with Crippen LogP contribution in [0.3, 0.4) is 0 Å². The lowest BCUT2D eigenvalue weighted by atomic mass is 9.96. The lowest BCUT2D eigenvalue weighted by Crippen LogP contribution is -2.64. The van der Waals surface area contributed by atoms with Crippen LogP contribution in [0, 0.1) is 0 Å². The molecular formula is C28H42N4O13S. The molecule has 7 atom stereocenters. The van der Waals surface area contributed by atoms with Gasteiger partial charge in [-0.2, -0.15) is 0 Å². The molecular weight excluding hydrogens is 632 g/mol. The van der Waals surface area contributed by atoms with Gasteiger partial charge in [-0.05, 0) is 38.4 Å².